The Morgan fingerprint density at radius 3 is 1.48 bits per heavy atom. The maximum Gasteiger partial charge on any atom is 0.460 e. The maximum atomic E-state index is 13.9. The van der Waals surface area contributed by atoms with Gasteiger partial charge in [-0.3, -0.25) is 0 Å². The molecule has 0 saturated heterocycles. The summed E-state index contributed by atoms with van der Waals surface area (Å²) >= 11 is 0. The van der Waals surface area contributed by atoms with Gasteiger partial charge in [-0.2, -0.15) is 43.9 Å². The van der Waals surface area contributed by atoms with Gasteiger partial charge in [-0.1, -0.05) is 32.6 Å². The van der Waals surface area contributed by atoms with Gasteiger partial charge in [0.25, 0.3) is 5.67 Å². The predicted molar refractivity (Wildman–Crippen MR) is 74.7 cm³/mol. The fraction of sp³-hybridized carbons (Fsp3) is 1.00. The first kappa shape index (κ1) is 26.2. The lowest BCUT2D eigenvalue weighted by molar-refractivity contribution is -0.412. The Bertz CT molecular complexity index is 430. The van der Waals surface area contributed by atoms with Crippen LogP contribution in [0.25, 0.3) is 0 Å². The van der Waals surface area contributed by atoms with Crippen molar-refractivity contribution in [2.24, 2.45) is 0 Å². The van der Waals surface area contributed by atoms with E-state index in [4.69, 9.17) is 4.74 Å². The molecule has 0 aliphatic heterocycles. The fourth-order valence-corrected chi connectivity index (χ4v) is 2.23. The number of halogens is 11. The highest BCUT2D eigenvalue weighted by Gasteiger charge is 2.85. The largest absolute Gasteiger partial charge is 0.460 e. The van der Waals surface area contributed by atoms with E-state index in [1.54, 1.807) is 0 Å². The average molecular weight is 426 g/mol. The number of ether oxygens (including phenoxy) is 1. The highest BCUT2D eigenvalue weighted by atomic mass is 19.4. The van der Waals surface area contributed by atoms with Crippen LogP contribution in [-0.2, 0) is 4.74 Å². The zero-order valence-corrected chi connectivity index (χ0v) is 14.4. The Morgan fingerprint density at radius 1 is 0.556 bits per heavy atom. The third-order valence-electron chi connectivity index (χ3n) is 3.90. The fourth-order valence-electron chi connectivity index (χ4n) is 2.23. The monoisotopic (exact) mass is 426 g/mol. The Hall–Kier alpha value is -0.810. The molecule has 27 heavy (non-hydrogen) atoms. The van der Waals surface area contributed by atoms with E-state index in [9.17, 15) is 48.3 Å². The summed E-state index contributed by atoms with van der Waals surface area (Å²) in [5.41, 5.74) is -6.07. The van der Waals surface area contributed by atoms with Crippen LogP contribution in [0, 0.1) is 0 Å². The van der Waals surface area contributed by atoms with Crippen LogP contribution >= 0.6 is 0 Å². The lowest BCUT2D eigenvalue weighted by Crippen LogP contribution is -2.67. The minimum Gasteiger partial charge on any atom is -0.381 e. The number of unbranched alkanes of at least 4 members (excludes halogenated alkanes) is 4. The molecule has 0 radical (unpaired) electrons. The van der Waals surface area contributed by atoms with E-state index in [0.29, 0.717) is 6.42 Å². The van der Waals surface area contributed by atoms with E-state index in [-0.39, 0.29) is 6.61 Å². The van der Waals surface area contributed by atoms with Crippen molar-refractivity contribution in [1.82, 2.24) is 0 Å². The highest BCUT2D eigenvalue weighted by Crippen LogP contribution is 2.58. The van der Waals surface area contributed by atoms with Gasteiger partial charge >= 0.3 is 24.2 Å². The molecule has 0 aromatic carbocycles. The Labute approximate surface area is 149 Å². The number of hydrogen-bond donors (Lipinski definition) is 0. The summed E-state index contributed by atoms with van der Waals surface area (Å²) in [7, 11) is 0. The summed E-state index contributed by atoms with van der Waals surface area (Å²) in [6.07, 6.45) is -13.2. The smallest absolute Gasteiger partial charge is 0.381 e. The third kappa shape index (κ3) is 6.08. The second-order valence-corrected chi connectivity index (χ2v) is 6.08. The molecule has 0 aliphatic carbocycles. The zero-order valence-electron chi connectivity index (χ0n) is 14.4. The van der Waals surface area contributed by atoms with Crippen LogP contribution in [-0.4, -0.2) is 43.1 Å². The third-order valence-corrected chi connectivity index (χ3v) is 3.90. The number of hydrogen-bond acceptors (Lipinski definition) is 1. The highest BCUT2D eigenvalue weighted by molar-refractivity contribution is 5.08. The van der Waals surface area contributed by atoms with Crippen molar-refractivity contribution in [3.05, 3.63) is 0 Å². The van der Waals surface area contributed by atoms with Gasteiger partial charge in [-0.15, -0.1) is 0 Å². The van der Waals surface area contributed by atoms with Crippen molar-refractivity contribution in [3.8, 4) is 0 Å². The van der Waals surface area contributed by atoms with Crippen LogP contribution in [0.3, 0.4) is 0 Å². The molecule has 1 atom stereocenters. The van der Waals surface area contributed by atoms with E-state index in [2.05, 4.69) is 0 Å². The van der Waals surface area contributed by atoms with Gasteiger partial charge in [-0.25, -0.2) is 4.39 Å². The van der Waals surface area contributed by atoms with E-state index in [0.717, 1.165) is 25.7 Å². The second-order valence-electron chi connectivity index (χ2n) is 6.08. The lowest BCUT2D eigenvalue weighted by atomic mass is 9.87. The van der Waals surface area contributed by atoms with E-state index in [1.807, 2.05) is 6.92 Å². The van der Waals surface area contributed by atoms with E-state index < -0.39 is 49.3 Å². The standard InChI is InChI=1S/C15H21F11O/c1-2-3-4-5-6-9-27-10-7-8-11(16,14(21,22)23)12(17,18)13(19,20)15(24,25)26/h2-10H2,1H3. The molecule has 0 aromatic heterocycles. The van der Waals surface area contributed by atoms with Crippen LogP contribution < -0.4 is 0 Å². The molecule has 0 fully saturated rings. The van der Waals surface area contributed by atoms with Crippen molar-refractivity contribution in [1.29, 1.82) is 0 Å². The van der Waals surface area contributed by atoms with Gasteiger partial charge in [0.05, 0.1) is 0 Å². The molecule has 0 saturated carbocycles. The van der Waals surface area contributed by atoms with Gasteiger partial charge in [0.15, 0.2) is 0 Å². The number of rotatable bonds is 12. The molecule has 0 amide bonds. The SMILES string of the molecule is CCCCCCCOCCCC(F)(C(F)(F)F)C(F)(F)C(F)(F)C(F)(F)F. The first-order valence-corrected chi connectivity index (χ1v) is 8.22. The van der Waals surface area contributed by atoms with Crippen LogP contribution in [0.15, 0.2) is 0 Å². The molecule has 0 aliphatic rings. The van der Waals surface area contributed by atoms with Crippen molar-refractivity contribution < 1.29 is 53.0 Å². The molecule has 0 rings (SSSR count). The van der Waals surface area contributed by atoms with Crippen molar-refractivity contribution >= 4 is 0 Å². The minimum atomic E-state index is -7.20. The van der Waals surface area contributed by atoms with Gasteiger partial charge < -0.3 is 4.74 Å². The molecule has 1 nitrogen and oxygen atoms in total. The Kier molecular flexibility index (Phi) is 9.31. The molecule has 0 heterocycles. The number of alkyl halides is 11. The Morgan fingerprint density at radius 2 is 1.04 bits per heavy atom. The first-order valence-electron chi connectivity index (χ1n) is 8.22. The quantitative estimate of drug-likeness (QED) is 0.245. The van der Waals surface area contributed by atoms with Crippen molar-refractivity contribution in [2.45, 2.75) is 81.7 Å². The summed E-state index contributed by atoms with van der Waals surface area (Å²) in [5, 5.41) is 0. The predicted octanol–water partition coefficient (Wildman–Crippen LogP) is 6.86. The van der Waals surface area contributed by atoms with Gasteiger partial charge in [0.1, 0.15) is 0 Å². The summed E-state index contributed by atoms with van der Waals surface area (Å²) < 4.78 is 145. The molecule has 0 bridgehead atoms. The van der Waals surface area contributed by atoms with Gasteiger partial charge in [-0.05, 0) is 19.3 Å². The van der Waals surface area contributed by atoms with E-state index in [1.165, 1.54) is 0 Å². The molecule has 0 spiro atoms. The maximum absolute atomic E-state index is 13.9. The second kappa shape index (κ2) is 9.60. The average Bonchev–Trinajstić information content (AvgIpc) is 2.50. The molecule has 0 aromatic rings. The summed E-state index contributed by atoms with van der Waals surface area (Å²) in [4.78, 5) is 0. The van der Waals surface area contributed by atoms with Crippen LogP contribution in [0.4, 0.5) is 48.3 Å². The summed E-state index contributed by atoms with van der Waals surface area (Å²) in [6, 6.07) is 0. The summed E-state index contributed by atoms with van der Waals surface area (Å²) in [6.45, 7) is 1.28. The minimum absolute atomic E-state index is 0.0180. The molecular weight excluding hydrogens is 405 g/mol. The van der Waals surface area contributed by atoms with Crippen LogP contribution in [0.2, 0.25) is 0 Å². The van der Waals surface area contributed by atoms with Gasteiger partial charge in [0, 0.05) is 13.2 Å². The lowest BCUT2D eigenvalue weighted by Gasteiger charge is -2.39. The molecule has 12 heteroatoms. The van der Waals surface area contributed by atoms with Crippen molar-refractivity contribution in [2.75, 3.05) is 13.2 Å². The van der Waals surface area contributed by atoms with Crippen LogP contribution in [0.1, 0.15) is 51.9 Å². The van der Waals surface area contributed by atoms with Gasteiger partial charge in [0.2, 0.25) is 0 Å². The Balaban J connectivity index is 4.94. The van der Waals surface area contributed by atoms with Crippen molar-refractivity contribution in [3.63, 3.8) is 0 Å². The summed E-state index contributed by atoms with van der Waals surface area (Å²) in [5.74, 6) is -14.2. The molecule has 164 valence electrons. The first-order chi connectivity index (χ1) is 12.1. The molecular formula is C15H21F11O. The van der Waals surface area contributed by atoms with E-state index >= 15 is 0 Å². The van der Waals surface area contributed by atoms with Crippen LogP contribution in [0.5, 0.6) is 0 Å². The zero-order chi connectivity index (χ0) is 21.6. The normalized spacial score (nSPS) is 16.4. The molecule has 1 unspecified atom stereocenters. The topological polar surface area (TPSA) is 9.23 Å². The molecule has 0 N–H and O–H groups in total.